The zero-order chi connectivity index (χ0) is 14.7. The quantitative estimate of drug-likeness (QED) is 0.873. The summed E-state index contributed by atoms with van der Waals surface area (Å²) in [5, 5.41) is 0. The van der Waals surface area contributed by atoms with E-state index in [1.165, 1.54) is 6.07 Å². The van der Waals surface area contributed by atoms with Crippen LogP contribution < -0.4 is 10.5 Å². The summed E-state index contributed by atoms with van der Waals surface area (Å²) in [5.74, 6) is 0.422. The van der Waals surface area contributed by atoms with E-state index < -0.39 is 0 Å². The van der Waals surface area contributed by atoms with Crippen molar-refractivity contribution in [2.45, 2.75) is 20.5 Å². The van der Waals surface area contributed by atoms with Gasteiger partial charge in [-0.1, -0.05) is 29.9 Å². The Morgan fingerprint density at radius 3 is 2.60 bits per heavy atom. The third-order valence-corrected chi connectivity index (χ3v) is 3.28. The lowest BCUT2D eigenvalue weighted by Crippen LogP contribution is -2.11. The van der Waals surface area contributed by atoms with Crippen LogP contribution in [0.4, 0.5) is 4.39 Å². The van der Waals surface area contributed by atoms with E-state index in [1.807, 2.05) is 32.0 Å². The van der Waals surface area contributed by atoms with Crippen LogP contribution in [0.3, 0.4) is 0 Å². The molecule has 0 bridgehead atoms. The fraction of sp³-hybridized carbons (Fsp3) is 0.188. The molecule has 2 N–H and O–H groups in total. The first-order chi connectivity index (χ1) is 9.47. The third kappa shape index (κ3) is 3.33. The number of hydrogen-bond acceptors (Lipinski definition) is 2. The molecule has 0 spiro atoms. The first-order valence-electron chi connectivity index (χ1n) is 6.25. The molecule has 2 aromatic rings. The second kappa shape index (κ2) is 6.01. The molecule has 0 amide bonds. The minimum atomic E-state index is -0.324. The summed E-state index contributed by atoms with van der Waals surface area (Å²) in [5.41, 5.74) is 8.82. The van der Waals surface area contributed by atoms with Gasteiger partial charge >= 0.3 is 0 Å². The van der Waals surface area contributed by atoms with Gasteiger partial charge in [0.05, 0.1) is 0 Å². The lowest BCUT2D eigenvalue weighted by molar-refractivity contribution is 0.298. The SMILES string of the molecule is Cc1ccc(OCc2cc(C(N)=S)ccc2F)c(C)c1. The van der Waals surface area contributed by atoms with Crippen molar-refractivity contribution in [2.24, 2.45) is 5.73 Å². The maximum atomic E-state index is 13.7. The molecular formula is C16H16FNOS. The molecule has 0 unspecified atom stereocenters. The molecule has 0 radical (unpaired) electrons. The van der Waals surface area contributed by atoms with Gasteiger partial charge in [0.2, 0.25) is 0 Å². The molecule has 4 heteroatoms. The molecule has 2 nitrogen and oxygen atoms in total. The van der Waals surface area contributed by atoms with Gasteiger partial charge in [-0.15, -0.1) is 0 Å². The van der Waals surface area contributed by atoms with E-state index >= 15 is 0 Å². The van der Waals surface area contributed by atoms with E-state index in [-0.39, 0.29) is 17.4 Å². The van der Waals surface area contributed by atoms with E-state index in [2.05, 4.69) is 0 Å². The zero-order valence-corrected chi connectivity index (χ0v) is 12.3. The Balaban J connectivity index is 2.18. The van der Waals surface area contributed by atoms with Crippen molar-refractivity contribution in [3.63, 3.8) is 0 Å². The fourth-order valence-electron chi connectivity index (χ4n) is 1.96. The predicted octanol–water partition coefficient (Wildman–Crippen LogP) is 3.66. The lowest BCUT2D eigenvalue weighted by atomic mass is 10.1. The van der Waals surface area contributed by atoms with Gasteiger partial charge in [-0.25, -0.2) is 4.39 Å². The molecular weight excluding hydrogens is 273 g/mol. The van der Waals surface area contributed by atoms with Crippen molar-refractivity contribution in [1.82, 2.24) is 0 Å². The number of nitrogens with two attached hydrogens (primary N) is 1. The van der Waals surface area contributed by atoms with Gasteiger partial charge in [0.1, 0.15) is 23.2 Å². The molecule has 0 aromatic heterocycles. The Kier molecular flexibility index (Phi) is 4.35. The Morgan fingerprint density at radius 1 is 1.20 bits per heavy atom. The molecule has 0 heterocycles. The summed E-state index contributed by atoms with van der Waals surface area (Å²) >= 11 is 4.89. The number of rotatable bonds is 4. The summed E-state index contributed by atoms with van der Waals surface area (Å²) in [4.78, 5) is 0.248. The average Bonchev–Trinajstić information content (AvgIpc) is 2.39. The summed E-state index contributed by atoms with van der Waals surface area (Å²) < 4.78 is 19.4. The van der Waals surface area contributed by atoms with Crippen LogP contribution in [0.2, 0.25) is 0 Å². The summed E-state index contributed by atoms with van der Waals surface area (Å²) in [6.45, 7) is 4.12. The lowest BCUT2D eigenvalue weighted by Gasteiger charge is -2.11. The number of aryl methyl sites for hydroxylation is 2. The summed E-state index contributed by atoms with van der Waals surface area (Å²) in [7, 11) is 0. The summed E-state index contributed by atoms with van der Waals surface area (Å²) in [6.07, 6.45) is 0. The molecule has 0 saturated carbocycles. The molecule has 104 valence electrons. The van der Waals surface area contributed by atoms with Crippen LogP contribution in [0.1, 0.15) is 22.3 Å². The van der Waals surface area contributed by atoms with Crippen molar-refractivity contribution < 1.29 is 9.13 Å². The second-order valence-corrected chi connectivity index (χ2v) is 5.17. The highest BCUT2D eigenvalue weighted by atomic mass is 32.1. The maximum Gasteiger partial charge on any atom is 0.129 e. The zero-order valence-electron chi connectivity index (χ0n) is 11.4. The highest BCUT2D eigenvalue weighted by Gasteiger charge is 2.07. The van der Waals surface area contributed by atoms with Crippen LogP contribution in [0, 0.1) is 19.7 Å². The van der Waals surface area contributed by atoms with Crippen LogP contribution in [-0.2, 0) is 6.61 Å². The van der Waals surface area contributed by atoms with Gasteiger partial charge in [0, 0.05) is 11.1 Å². The number of hydrogen-bond donors (Lipinski definition) is 1. The summed E-state index contributed by atoms with van der Waals surface area (Å²) in [6, 6.07) is 10.4. The predicted molar refractivity (Wildman–Crippen MR) is 82.5 cm³/mol. The van der Waals surface area contributed by atoms with E-state index in [4.69, 9.17) is 22.7 Å². The van der Waals surface area contributed by atoms with Gasteiger partial charge in [0.15, 0.2) is 0 Å². The smallest absolute Gasteiger partial charge is 0.129 e. The van der Waals surface area contributed by atoms with Crippen LogP contribution in [0.15, 0.2) is 36.4 Å². The molecule has 0 saturated heterocycles. The Labute approximate surface area is 123 Å². The first-order valence-corrected chi connectivity index (χ1v) is 6.66. The van der Waals surface area contributed by atoms with Gasteiger partial charge in [-0.2, -0.15) is 0 Å². The minimum Gasteiger partial charge on any atom is -0.489 e. The van der Waals surface area contributed by atoms with Gasteiger partial charge < -0.3 is 10.5 Å². The molecule has 0 aliphatic heterocycles. The van der Waals surface area contributed by atoms with E-state index in [1.54, 1.807) is 12.1 Å². The molecule has 0 aliphatic carbocycles. The first kappa shape index (κ1) is 14.5. The van der Waals surface area contributed by atoms with Crippen molar-refractivity contribution in [3.8, 4) is 5.75 Å². The van der Waals surface area contributed by atoms with Crippen molar-refractivity contribution in [2.75, 3.05) is 0 Å². The minimum absolute atomic E-state index is 0.145. The average molecular weight is 289 g/mol. The number of ether oxygens (including phenoxy) is 1. The second-order valence-electron chi connectivity index (χ2n) is 4.73. The van der Waals surface area contributed by atoms with Crippen molar-refractivity contribution in [3.05, 3.63) is 64.5 Å². The topological polar surface area (TPSA) is 35.2 Å². The molecule has 20 heavy (non-hydrogen) atoms. The third-order valence-electron chi connectivity index (χ3n) is 3.04. The molecule has 0 fully saturated rings. The van der Waals surface area contributed by atoms with Gasteiger partial charge in [0.25, 0.3) is 0 Å². The van der Waals surface area contributed by atoms with Crippen LogP contribution in [-0.4, -0.2) is 4.99 Å². The van der Waals surface area contributed by atoms with E-state index in [0.717, 1.165) is 16.9 Å². The fourth-order valence-corrected chi connectivity index (χ4v) is 2.08. The Morgan fingerprint density at radius 2 is 1.95 bits per heavy atom. The maximum absolute atomic E-state index is 13.7. The Bertz CT molecular complexity index is 655. The number of halogens is 1. The van der Waals surface area contributed by atoms with Gasteiger partial charge in [-0.05, 0) is 43.7 Å². The highest BCUT2D eigenvalue weighted by molar-refractivity contribution is 7.80. The van der Waals surface area contributed by atoms with E-state index in [9.17, 15) is 4.39 Å². The van der Waals surface area contributed by atoms with Crippen molar-refractivity contribution >= 4 is 17.2 Å². The number of benzene rings is 2. The molecule has 0 atom stereocenters. The van der Waals surface area contributed by atoms with Crippen LogP contribution in [0.25, 0.3) is 0 Å². The van der Waals surface area contributed by atoms with Gasteiger partial charge in [-0.3, -0.25) is 0 Å². The van der Waals surface area contributed by atoms with Crippen molar-refractivity contribution in [1.29, 1.82) is 0 Å². The van der Waals surface area contributed by atoms with Crippen LogP contribution in [0.5, 0.6) is 5.75 Å². The Hall–Kier alpha value is -1.94. The number of thiocarbonyl (C=S) groups is 1. The van der Waals surface area contributed by atoms with E-state index in [0.29, 0.717) is 11.1 Å². The van der Waals surface area contributed by atoms with Crippen LogP contribution >= 0.6 is 12.2 Å². The normalized spacial score (nSPS) is 10.3. The largest absolute Gasteiger partial charge is 0.489 e. The highest BCUT2D eigenvalue weighted by Crippen LogP contribution is 2.21. The monoisotopic (exact) mass is 289 g/mol. The standard InChI is InChI=1S/C16H16FNOS/c1-10-3-6-15(11(2)7-10)19-9-13-8-12(16(18)20)4-5-14(13)17/h3-8H,9H2,1-2H3,(H2,18,20). The molecule has 0 aliphatic rings. The molecule has 2 rings (SSSR count). The molecule has 2 aromatic carbocycles.